The molecule has 0 amide bonds. The summed E-state index contributed by atoms with van der Waals surface area (Å²) < 4.78 is 2.30. The number of rotatable bonds is 2. The molecule has 0 atom stereocenters. The molecule has 5 rings (SSSR count). The average Bonchev–Trinajstić information content (AvgIpc) is 3.12. The van der Waals surface area contributed by atoms with Gasteiger partial charge in [0.15, 0.2) is 5.65 Å². The first-order valence-electron chi connectivity index (χ1n) is 9.21. The summed E-state index contributed by atoms with van der Waals surface area (Å²) in [4.78, 5) is 9.42. The van der Waals surface area contributed by atoms with Crippen molar-refractivity contribution in [3.63, 3.8) is 0 Å². The minimum absolute atomic E-state index is 0.554. The summed E-state index contributed by atoms with van der Waals surface area (Å²) in [5.74, 6) is 0. The Balaban J connectivity index is 1.64. The lowest BCUT2D eigenvalue weighted by atomic mass is 9.95. The molecule has 0 aliphatic heterocycles. The van der Waals surface area contributed by atoms with Crippen LogP contribution in [0.1, 0.15) is 38.1 Å². The molecule has 1 aliphatic carbocycles. The Bertz CT molecular complexity index is 1040. The molecule has 0 spiro atoms. The fourth-order valence-electron chi connectivity index (χ4n) is 4.15. The Kier molecular flexibility index (Phi) is 3.51. The van der Waals surface area contributed by atoms with Gasteiger partial charge in [0.2, 0.25) is 0 Å². The van der Waals surface area contributed by atoms with E-state index in [1.807, 2.05) is 12.5 Å². The van der Waals surface area contributed by atoms with E-state index in [9.17, 15) is 0 Å². The van der Waals surface area contributed by atoms with Gasteiger partial charge in [-0.1, -0.05) is 55.7 Å². The number of nitrogens with zero attached hydrogens (tertiary/aromatic N) is 3. The van der Waals surface area contributed by atoms with Crippen LogP contribution in [0.4, 0.5) is 0 Å². The third-order valence-corrected chi connectivity index (χ3v) is 5.49. The second-order valence-corrected chi connectivity index (χ2v) is 7.04. The van der Waals surface area contributed by atoms with Crippen LogP contribution in [0.5, 0.6) is 0 Å². The van der Waals surface area contributed by atoms with Crippen LogP contribution in [0, 0.1) is 0 Å². The van der Waals surface area contributed by atoms with Crippen molar-refractivity contribution in [1.29, 1.82) is 0 Å². The largest absolute Gasteiger partial charge is 0.312 e. The zero-order chi connectivity index (χ0) is 16.6. The molecule has 0 unspecified atom stereocenters. The van der Waals surface area contributed by atoms with Crippen molar-refractivity contribution in [2.24, 2.45) is 0 Å². The van der Waals surface area contributed by atoms with Crippen LogP contribution < -0.4 is 0 Å². The minimum atomic E-state index is 0.554. The predicted octanol–water partition coefficient (Wildman–Crippen LogP) is 5.76. The number of pyridine rings is 1. The van der Waals surface area contributed by atoms with E-state index in [0.29, 0.717) is 6.04 Å². The molecule has 124 valence electrons. The minimum Gasteiger partial charge on any atom is -0.312 e. The normalized spacial score (nSPS) is 15.8. The maximum atomic E-state index is 4.75. The molecular formula is C22H21N3. The Morgan fingerprint density at radius 2 is 1.68 bits per heavy atom. The highest BCUT2D eigenvalue weighted by Crippen LogP contribution is 2.33. The summed E-state index contributed by atoms with van der Waals surface area (Å²) in [5, 5.41) is 2.53. The van der Waals surface area contributed by atoms with E-state index in [-0.39, 0.29) is 0 Å². The van der Waals surface area contributed by atoms with Crippen LogP contribution in [0.2, 0.25) is 0 Å². The lowest BCUT2D eigenvalue weighted by Gasteiger charge is -2.23. The number of aromatic nitrogens is 3. The summed E-state index contributed by atoms with van der Waals surface area (Å²) >= 11 is 0. The smallest absolute Gasteiger partial charge is 0.160 e. The quantitative estimate of drug-likeness (QED) is 0.469. The molecule has 2 aromatic carbocycles. The fourth-order valence-corrected chi connectivity index (χ4v) is 4.15. The van der Waals surface area contributed by atoms with Gasteiger partial charge in [-0.15, -0.1) is 0 Å². The van der Waals surface area contributed by atoms with E-state index in [1.54, 1.807) is 0 Å². The molecule has 0 radical (unpaired) electrons. The molecule has 3 heteroatoms. The first kappa shape index (κ1) is 14.6. The van der Waals surface area contributed by atoms with Crippen molar-refractivity contribution in [2.45, 2.75) is 38.1 Å². The zero-order valence-electron chi connectivity index (χ0n) is 14.2. The highest BCUT2D eigenvalue weighted by Gasteiger charge is 2.19. The highest BCUT2D eigenvalue weighted by atomic mass is 15.1. The van der Waals surface area contributed by atoms with E-state index in [4.69, 9.17) is 4.98 Å². The van der Waals surface area contributed by atoms with E-state index in [0.717, 1.165) is 11.2 Å². The van der Waals surface area contributed by atoms with Crippen molar-refractivity contribution >= 4 is 21.9 Å². The second kappa shape index (κ2) is 5.99. The topological polar surface area (TPSA) is 30.7 Å². The molecule has 1 aliphatic rings. The molecule has 0 N–H and O–H groups in total. The second-order valence-electron chi connectivity index (χ2n) is 7.04. The van der Waals surface area contributed by atoms with Crippen molar-refractivity contribution in [1.82, 2.24) is 14.5 Å². The SMILES string of the molecule is c1ccc2cc(-c3ccnc4c3ncn4C3CCCCC3)ccc2c1. The van der Waals surface area contributed by atoms with Gasteiger partial charge in [-0.25, -0.2) is 9.97 Å². The molecule has 0 saturated heterocycles. The van der Waals surface area contributed by atoms with Gasteiger partial charge in [-0.3, -0.25) is 0 Å². The van der Waals surface area contributed by atoms with Gasteiger partial charge >= 0.3 is 0 Å². The van der Waals surface area contributed by atoms with Gasteiger partial charge in [0.05, 0.1) is 6.33 Å². The Hall–Kier alpha value is -2.68. The van der Waals surface area contributed by atoms with Crippen LogP contribution >= 0.6 is 0 Å². The lowest BCUT2D eigenvalue weighted by Crippen LogP contribution is -2.12. The number of hydrogen-bond acceptors (Lipinski definition) is 2. The maximum Gasteiger partial charge on any atom is 0.160 e. The average molecular weight is 327 g/mol. The van der Waals surface area contributed by atoms with Crippen molar-refractivity contribution in [3.8, 4) is 11.1 Å². The lowest BCUT2D eigenvalue weighted by molar-refractivity contribution is 0.358. The summed E-state index contributed by atoms with van der Waals surface area (Å²) in [7, 11) is 0. The zero-order valence-corrected chi connectivity index (χ0v) is 14.2. The standard InChI is InChI=1S/C22H21N3/c1-2-8-19(9-3-1)25-15-24-21-20(12-13-23-22(21)25)18-11-10-16-6-4-5-7-17(16)14-18/h4-7,10-15,19H,1-3,8-9H2. The van der Waals surface area contributed by atoms with Crippen LogP contribution in [0.3, 0.4) is 0 Å². The third-order valence-electron chi connectivity index (χ3n) is 5.49. The molecule has 2 heterocycles. The molecule has 2 aromatic heterocycles. The van der Waals surface area contributed by atoms with E-state index >= 15 is 0 Å². The molecule has 1 fully saturated rings. The molecule has 3 nitrogen and oxygen atoms in total. The Labute approximate surface area is 147 Å². The van der Waals surface area contributed by atoms with Crippen molar-refractivity contribution in [2.75, 3.05) is 0 Å². The van der Waals surface area contributed by atoms with E-state index in [1.165, 1.54) is 54.0 Å². The van der Waals surface area contributed by atoms with E-state index < -0.39 is 0 Å². The molecule has 25 heavy (non-hydrogen) atoms. The number of benzene rings is 2. The highest BCUT2D eigenvalue weighted by molar-refractivity contribution is 5.94. The van der Waals surface area contributed by atoms with Crippen LogP contribution in [-0.4, -0.2) is 14.5 Å². The summed E-state index contributed by atoms with van der Waals surface area (Å²) in [6, 6.07) is 17.8. The van der Waals surface area contributed by atoms with Crippen LogP contribution in [0.25, 0.3) is 33.1 Å². The molecule has 0 bridgehead atoms. The van der Waals surface area contributed by atoms with Crippen LogP contribution in [0.15, 0.2) is 61.1 Å². The van der Waals surface area contributed by atoms with Crippen molar-refractivity contribution in [3.05, 3.63) is 61.1 Å². The van der Waals surface area contributed by atoms with Gasteiger partial charge in [0.25, 0.3) is 0 Å². The monoisotopic (exact) mass is 327 g/mol. The fraction of sp³-hybridized carbons (Fsp3) is 0.273. The van der Waals surface area contributed by atoms with Crippen molar-refractivity contribution < 1.29 is 0 Å². The van der Waals surface area contributed by atoms with Gasteiger partial charge in [-0.05, 0) is 41.3 Å². The summed E-state index contributed by atoms with van der Waals surface area (Å²) in [5.41, 5.74) is 4.42. The number of imidazole rings is 1. The predicted molar refractivity (Wildman–Crippen MR) is 103 cm³/mol. The van der Waals surface area contributed by atoms with E-state index in [2.05, 4.69) is 58.1 Å². The van der Waals surface area contributed by atoms with Crippen LogP contribution in [-0.2, 0) is 0 Å². The molecular weight excluding hydrogens is 306 g/mol. The number of fused-ring (bicyclic) bond motifs is 2. The Morgan fingerprint density at radius 3 is 2.56 bits per heavy atom. The molecule has 1 saturated carbocycles. The third kappa shape index (κ3) is 2.51. The summed E-state index contributed by atoms with van der Waals surface area (Å²) in [6.07, 6.45) is 10.4. The first-order chi connectivity index (χ1) is 12.4. The Morgan fingerprint density at radius 1 is 0.840 bits per heavy atom. The maximum absolute atomic E-state index is 4.75. The van der Waals surface area contributed by atoms with Gasteiger partial charge in [0.1, 0.15) is 5.52 Å². The number of hydrogen-bond donors (Lipinski definition) is 0. The van der Waals surface area contributed by atoms with Gasteiger partial charge in [-0.2, -0.15) is 0 Å². The van der Waals surface area contributed by atoms with Gasteiger partial charge in [0, 0.05) is 17.8 Å². The first-order valence-corrected chi connectivity index (χ1v) is 9.21. The molecule has 4 aromatic rings. The summed E-state index contributed by atoms with van der Waals surface area (Å²) in [6.45, 7) is 0. The van der Waals surface area contributed by atoms with Gasteiger partial charge < -0.3 is 4.57 Å².